The van der Waals surface area contributed by atoms with E-state index in [9.17, 15) is 0 Å². The summed E-state index contributed by atoms with van der Waals surface area (Å²) in [5.41, 5.74) is 7.32. The fraction of sp³-hybridized carbons (Fsp3) is 0.600. The standard InChI is InChI=1S/C15H24BrNS/c1-4-11(3)10-18-14-7-6-12(15(16)9-14)8-13(17)5-2/h6-7,9,11,13H,4-5,8,10,17H2,1-3H3. The molecule has 0 saturated heterocycles. The first-order valence-electron chi connectivity index (χ1n) is 6.73. The van der Waals surface area contributed by atoms with E-state index in [0.29, 0.717) is 0 Å². The van der Waals surface area contributed by atoms with Gasteiger partial charge < -0.3 is 5.73 Å². The zero-order valence-electron chi connectivity index (χ0n) is 11.6. The quantitative estimate of drug-likeness (QED) is 0.722. The van der Waals surface area contributed by atoms with Crippen LogP contribution < -0.4 is 5.73 Å². The maximum absolute atomic E-state index is 6.00. The molecule has 0 aliphatic heterocycles. The van der Waals surface area contributed by atoms with Gasteiger partial charge in [-0.15, -0.1) is 11.8 Å². The number of benzene rings is 1. The highest BCUT2D eigenvalue weighted by molar-refractivity contribution is 9.10. The van der Waals surface area contributed by atoms with E-state index < -0.39 is 0 Å². The number of thioether (sulfide) groups is 1. The van der Waals surface area contributed by atoms with Crippen molar-refractivity contribution in [3.05, 3.63) is 28.2 Å². The SMILES string of the molecule is CCC(C)CSc1ccc(CC(N)CC)c(Br)c1. The van der Waals surface area contributed by atoms with Gasteiger partial charge in [0.25, 0.3) is 0 Å². The van der Waals surface area contributed by atoms with Gasteiger partial charge in [0, 0.05) is 21.2 Å². The Kier molecular flexibility index (Phi) is 7.35. The summed E-state index contributed by atoms with van der Waals surface area (Å²) >= 11 is 5.60. The van der Waals surface area contributed by atoms with Crippen LogP contribution in [0, 0.1) is 5.92 Å². The Bertz CT molecular complexity index is 368. The maximum Gasteiger partial charge on any atom is 0.0219 e. The van der Waals surface area contributed by atoms with Gasteiger partial charge in [-0.05, 0) is 36.5 Å². The van der Waals surface area contributed by atoms with Gasteiger partial charge in [0.05, 0.1) is 0 Å². The van der Waals surface area contributed by atoms with E-state index in [1.54, 1.807) is 0 Å². The van der Waals surface area contributed by atoms with Crippen LogP contribution in [0.3, 0.4) is 0 Å². The summed E-state index contributed by atoms with van der Waals surface area (Å²) in [4.78, 5) is 1.34. The van der Waals surface area contributed by atoms with Gasteiger partial charge in [0.1, 0.15) is 0 Å². The molecule has 0 aliphatic carbocycles. The Morgan fingerprint density at radius 2 is 2.00 bits per heavy atom. The zero-order valence-corrected chi connectivity index (χ0v) is 14.0. The first-order valence-corrected chi connectivity index (χ1v) is 8.51. The molecule has 0 fully saturated rings. The first-order chi connectivity index (χ1) is 8.56. The summed E-state index contributed by atoms with van der Waals surface area (Å²) in [5, 5.41) is 0. The van der Waals surface area contributed by atoms with Crippen molar-refractivity contribution in [2.24, 2.45) is 11.7 Å². The van der Waals surface area contributed by atoms with E-state index in [0.717, 1.165) is 18.8 Å². The average molecular weight is 330 g/mol. The van der Waals surface area contributed by atoms with E-state index >= 15 is 0 Å². The Hall–Kier alpha value is 0.01000. The highest BCUT2D eigenvalue weighted by Crippen LogP contribution is 2.28. The van der Waals surface area contributed by atoms with Gasteiger partial charge in [-0.1, -0.05) is 49.2 Å². The molecule has 0 saturated carbocycles. The van der Waals surface area contributed by atoms with Crippen LogP contribution in [-0.2, 0) is 6.42 Å². The molecule has 102 valence electrons. The molecule has 2 N–H and O–H groups in total. The van der Waals surface area contributed by atoms with Gasteiger partial charge in [-0.3, -0.25) is 0 Å². The third-order valence-electron chi connectivity index (χ3n) is 3.26. The second-order valence-electron chi connectivity index (χ2n) is 4.95. The molecule has 1 nitrogen and oxygen atoms in total. The van der Waals surface area contributed by atoms with Crippen LogP contribution in [-0.4, -0.2) is 11.8 Å². The van der Waals surface area contributed by atoms with Crippen molar-refractivity contribution in [3.8, 4) is 0 Å². The third kappa shape index (κ3) is 5.33. The van der Waals surface area contributed by atoms with E-state index in [1.807, 2.05) is 11.8 Å². The molecule has 0 aliphatic rings. The van der Waals surface area contributed by atoms with Gasteiger partial charge in [0.15, 0.2) is 0 Å². The van der Waals surface area contributed by atoms with Crippen molar-refractivity contribution in [2.75, 3.05) is 5.75 Å². The van der Waals surface area contributed by atoms with Crippen molar-refractivity contribution >= 4 is 27.7 Å². The Morgan fingerprint density at radius 1 is 1.28 bits per heavy atom. The molecule has 18 heavy (non-hydrogen) atoms. The number of nitrogens with two attached hydrogens (primary N) is 1. The molecule has 0 radical (unpaired) electrons. The highest BCUT2D eigenvalue weighted by atomic mass is 79.9. The number of hydrogen-bond donors (Lipinski definition) is 1. The molecular weight excluding hydrogens is 306 g/mol. The molecular formula is C15H24BrNS. The smallest absolute Gasteiger partial charge is 0.0219 e. The van der Waals surface area contributed by atoms with E-state index in [-0.39, 0.29) is 6.04 Å². The monoisotopic (exact) mass is 329 g/mol. The van der Waals surface area contributed by atoms with Gasteiger partial charge in [-0.2, -0.15) is 0 Å². The van der Waals surface area contributed by atoms with Crippen molar-refractivity contribution in [1.29, 1.82) is 0 Å². The number of rotatable bonds is 7. The lowest BCUT2D eigenvalue weighted by molar-refractivity contribution is 0.637. The summed E-state index contributed by atoms with van der Waals surface area (Å²) in [5.74, 6) is 1.97. The highest BCUT2D eigenvalue weighted by Gasteiger charge is 2.07. The minimum absolute atomic E-state index is 0.264. The molecule has 2 atom stereocenters. The summed E-state index contributed by atoms with van der Waals surface area (Å²) in [6.45, 7) is 6.68. The van der Waals surface area contributed by atoms with Crippen LogP contribution >= 0.6 is 27.7 Å². The second-order valence-corrected chi connectivity index (χ2v) is 6.90. The predicted octanol–water partition coefficient (Wildman–Crippen LogP) is 4.87. The van der Waals surface area contributed by atoms with Gasteiger partial charge in [0.2, 0.25) is 0 Å². The molecule has 1 aromatic rings. The lowest BCUT2D eigenvalue weighted by Crippen LogP contribution is -2.21. The maximum atomic E-state index is 6.00. The van der Waals surface area contributed by atoms with Crippen molar-refractivity contribution < 1.29 is 0 Å². The average Bonchev–Trinajstić information content (AvgIpc) is 2.38. The zero-order chi connectivity index (χ0) is 13.5. The largest absolute Gasteiger partial charge is 0.327 e. The van der Waals surface area contributed by atoms with Crippen LogP contribution in [0.4, 0.5) is 0 Å². The summed E-state index contributed by atoms with van der Waals surface area (Å²) < 4.78 is 1.19. The Balaban J connectivity index is 2.61. The summed E-state index contributed by atoms with van der Waals surface area (Å²) in [6.07, 6.45) is 3.22. The van der Waals surface area contributed by atoms with Crippen molar-refractivity contribution in [3.63, 3.8) is 0 Å². The topological polar surface area (TPSA) is 26.0 Å². The Morgan fingerprint density at radius 3 is 2.56 bits per heavy atom. The fourth-order valence-corrected chi connectivity index (χ4v) is 3.34. The van der Waals surface area contributed by atoms with Crippen molar-refractivity contribution in [2.45, 2.75) is 51.0 Å². The molecule has 0 aromatic heterocycles. The molecule has 2 unspecified atom stereocenters. The lowest BCUT2D eigenvalue weighted by atomic mass is 10.1. The second kappa shape index (κ2) is 8.23. The normalized spacial score (nSPS) is 14.5. The van der Waals surface area contributed by atoms with Gasteiger partial charge >= 0.3 is 0 Å². The van der Waals surface area contributed by atoms with E-state index in [1.165, 1.54) is 27.1 Å². The van der Waals surface area contributed by atoms with Crippen LogP contribution in [0.1, 0.15) is 39.2 Å². The third-order valence-corrected chi connectivity index (χ3v) is 5.32. The lowest BCUT2D eigenvalue weighted by Gasteiger charge is -2.12. The fourth-order valence-electron chi connectivity index (χ4n) is 1.57. The summed E-state index contributed by atoms with van der Waals surface area (Å²) in [7, 11) is 0. The predicted molar refractivity (Wildman–Crippen MR) is 86.3 cm³/mol. The minimum atomic E-state index is 0.264. The van der Waals surface area contributed by atoms with Crippen LogP contribution in [0.25, 0.3) is 0 Å². The first kappa shape index (κ1) is 16.1. The van der Waals surface area contributed by atoms with E-state index in [4.69, 9.17) is 5.73 Å². The molecule has 0 bridgehead atoms. The van der Waals surface area contributed by atoms with Crippen molar-refractivity contribution in [1.82, 2.24) is 0 Å². The molecule has 3 heteroatoms. The molecule has 0 amide bonds. The Labute approximate surface area is 124 Å². The van der Waals surface area contributed by atoms with Crippen LogP contribution in [0.2, 0.25) is 0 Å². The summed E-state index contributed by atoms with van der Waals surface area (Å²) in [6, 6.07) is 6.92. The molecule has 1 aromatic carbocycles. The van der Waals surface area contributed by atoms with Crippen LogP contribution in [0.5, 0.6) is 0 Å². The molecule has 0 heterocycles. The van der Waals surface area contributed by atoms with E-state index in [2.05, 4.69) is 54.9 Å². The molecule has 1 rings (SSSR count). The number of halogens is 1. The minimum Gasteiger partial charge on any atom is -0.327 e. The van der Waals surface area contributed by atoms with Crippen LogP contribution in [0.15, 0.2) is 27.6 Å². The van der Waals surface area contributed by atoms with Gasteiger partial charge in [-0.25, -0.2) is 0 Å². The number of hydrogen-bond acceptors (Lipinski definition) is 2. The molecule has 0 spiro atoms.